The maximum Gasteiger partial charge on any atom is 0.229 e. The van der Waals surface area contributed by atoms with Gasteiger partial charge in [0.05, 0.1) is 0 Å². The molecular weight excluding hydrogens is 240 g/mol. The molecule has 2 rings (SSSR count). The van der Waals surface area contributed by atoms with E-state index in [9.17, 15) is 9.59 Å². The van der Waals surface area contributed by atoms with E-state index in [1.807, 2.05) is 38.2 Å². The summed E-state index contributed by atoms with van der Waals surface area (Å²) < 4.78 is 0. The fourth-order valence-corrected chi connectivity index (χ4v) is 2.40. The van der Waals surface area contributed by atoms with Crippen LogP contribution in [0.4, 0.5) is 0 Å². The van der Waals surface area contributed by atoms with Crippen LogP contribution in [0, 0.1) is 6.92 Å². The monoisotopic (exact) mass is 260 g/mol. The molecule has 0 aromatic heterocycles. The Kier molecular flexibility index (Phi) is 4.32. The van der Waals surface area contributed by atoms with Crippen molar-refractivity contribution in [2.75, 3.05) is 20.1 Å². The summed E-state index contributed by atoms with van der Waals surface area (Å²) in [6, 6.07) is 8.09. The van der Waals surface area contributed by atoms with Crippen LogP contribution >= 0.6 is 0 Å². The third kappa shape index (κ3) is 3.20. The van der Waals surface area contributed by atoms with Gasteiger partial charge in [-0.1, -0.05) is 29.8 Å². The van der Waals surface area contributed by atoms with Gasteiger partial charge >= 0.3 is 0 Å². The topological polar surface area (TPSA) is 49.4 Å². The quantitative estimate of drug-likeness (QED) is 0.834. The second kappa shape index (κ2) is 5.97. The molecule has 1 N–H and O–H groups in total. The van der Waals surface area contributed by atoms with Crippen LogP contribution in [0.3, 0.4) is 0 Å². The van der Waals surface area contributed by atoms with Crippen LogP contribution in [0.2, 0.25) is 0 Å². The highest BCUT2D eigenvalue weighted by atomic mass is 16.2. The van der Waals surface area contributed by atoms with Gasteiger partial charge in [-0.3, -0.25) is 14.5 Å². The third-order valence-corrected chi connectivity index (χ3v) is 3.58. The van der Waals surface area contributed by atoms with Crippen molar-refractivity contribution in [2.24, 2.45) is 0 Å². The van der Waals surface area contributed by atoms with Gasteiger partial charge in [-0.25, -0.2) is 0 Å². The van der Waals surface area contributed by atoms with Crippen LogP contribution < -0.4 is 5.32 Å². The van der Waals surface area contributed by atoms with Crippen molar-refractivity contribution in [3.05, 3.63) is 35.4 Å². The molecule has 0 aliphatic carbocycles. The summed E-state index contributed by atoms with van der Waals surface area (Å²) in [5, 5.41) is 2.96. The van der Waals surface area contributed by atoms with Crippen LogP contribution in [0.1, 0.15) is 29.9 Å². The van der Waals surface area contributed by atoms with E-state index in [-0.39, 0.29) is 17.7 Å². The van der Waals surface area contributed by atoms with E-state index in [2.05, 4.69) is 5.32 Å². The van der Waals surface area contributed by atoms with Crippen molar-refractivity contribution in [3.8, 4) is 0 Å². The van der Waals surface area contributed by atoms with Crippen molar-refractivity contribution in [1.29, 1.82) is 0 Å². The number of rotatable bonds is 4. The van der Waals surface area contributed by atoms with Crippen LogP contribution in [-0.2, 0) is 9.59 Å². The maximum atomic E-state index is 12.0. The van der Waals surface area contributed by atoms with Crippen molar-refractivity contribution in [1.82, 2.24) is 10.2 Å². The van der Waals surface area contributed by atoms with E-state index in [0.717, 1.165) is 5.56 Å². The number of likely N-dealkylation sites (N-methyl/N-ethyl adjacent to an activating group) is 1. The molecule has 102 valence electrons. The molecule has 0 unspecified atom stereocenters. The lowest BCUT2D eigenvalue weighted by atomic mass is 9.88. The Hall–Kier alpha value is -1.68. The molecule has 1 aliphatic rings. The molecule has 1 saturated heterocycles. The number of piperidine rings is 1. The normalized spacial score (nSPS) is 17.1. The molecule has 19 heavy (non-hydrogen) atoms. The van der Waals surface area contributed by atoms with Crippen LogP contribution in [0.5, 0.6) is 0 Å². The first-order valence-corrected chi connectivity index (χ1v) is 6.66. The number of hydrogen-bond donors (Lipinski definition) is 1. The van der Waals surface area contributed by atoms with E-state index in [1.165, 1.54) is 10.5 Å². The molecule has 0 saturated carbocycles. The fraction of sp³-hybridized carbons (Fsp3) is 0.467. The van der Waals surface area contributed by atoms with Gasteiger partial charge in [0.15, 0.2) is 0 Å². The first kappa shape index (κ1) is 13.7. The minimum atomic E-state index is -0.0583. The summed E-state index contributed by atoms with van der Waals surface area (Å²) in [5.41, 5.74) is 2.27. The smallest absolute Gasteiger partial charge is 0.229 e. The number of likely N-dealkylation sites (tertiary alicyclic amines) is 1. The number of aryl methyl sites for hydroxylation is 1. The predicted octanol–water partition coefficient (Wildman–Crippen LogP) is 1.45. The molecule has 2 amide bonds. The first-order valence-electron chi connectivity index (χ1n) is 6.66. The molecule has 1 aromatic rings. The minimum absolute atomic E-state index is 0.0337. The Morgan fingerprint density at radius 1 is 1.16 bits per heavy atom. The molecular formula is C15H20N2O2. The SMILES string of the molecule is CNCCN1C(=O)CC(c2ccc(C)cc2)CC1=O. The molecule has 0 radical (unpaired) electrons. The molecule has 1 fully saturated rings. The number of carbonyl (C=O) groups is 2. The van der Waals surface area contributed by atoms with Gasteiger partial charge in [0.1, 0.15) is 0 Å². The average Bonchev–Trinajstić information content (AvgIpc) is 2.38. The highest BCUT2D eigenvalue weighted by Gasteiger charge is 2.32. The van der Waals surface area contributed by atoms with Crippen molar-refractivity contribution in [2.45, 2.75) is 25.7 Å². The molecule has 0 bridgehead atoms. The fourth-order valence-electron chi connectivity index (χ4n) is 2.40. The van der Waals surface area contributed by atoms with Crippen LogP contribution in [0.15, 0.2) is 24.3 Å². The van der Waals surface area contributed by atoms with Crippen molar-refractivity contribution >= 4 is 11.8 Å². The van der Waals surface area contributed by atoms with Gasteiger partial charge in [-0.15, -0.1) is 0 Å². The van der Waals surface area contributed by atoms with Gasteiger partial charge in [0, 0.05) is 31.8 Å². The van der Waals surface area contributed by atoms with Crippen LogP contribution in [-0.4, -0.2) is 36.9 Å². The number of amides is 2. The highest BCUT2D eigenvalue weighted by molar-refractivity contribution is 5.98. The number of benzene rings is 1. The molecule has 4 nitrogen and oxygen atoms in total. The number of hydrogen-bond acceptors (Lipinski definition) is 3. The highest BCUT2D eigenvalue weighted by Crippen LogP contribution is 2.29. The summed E-state index contributed by atoms with van der Waals surface area (Å²) in [4.78, 5) is 25.5. The zero-order valence-corrected chi connectivity index (χ0v) is 11.5. The lowest BCUT2D eigenvalue weighted by Gasteiger charge is -2.30. The number of nitrogens with zero attached hydrogens (tertiary/aromatic N) is 1. The predicted molar refractivity (Wildman–Crippen MR) is 73.8 cm³/mol. The zero-order valence-electron chi connectivity index (χ0n) is 11.5. The number of nitrogens with one attached hydrogen (secondary N) is 1. The Morgan fingerprint density at radius 2 is 1.74 bits per heavy atom. The van der Waals surface area contributed by atoms with Gasteiger partial charge in [-0.05, 0) is 19.5 Å². The van der Waals surface area contributed by atoms with Crippen molar-refractivity contribution < 1.29 is 9.59 Å². The molecule has 1 aromatic carbocycles. The third-order valence-electron chi connectivity index (χ3n) is 3.58. The summed E-state index contributed by atoms with van der Waals surface area (Å²) in [5.74, 6) is -0.0828. The zero-order chi connectivity index (χ0) is 13.8. The minimum Gasteiger partial charge on any atom is -0.318 e. The van der Waals surface area contributed by atoms with Gasteiger partial charge < -0.3 is 5.32 Å². The number of imide groups is 1. The molecule has 4 heteroatoms. The standard InChI is InChI=1S/C15H20N2O2/c1-11-3-5-12(6-4-11)13-9-14(18)17(8-7-16-2)15(19)10-13/h3-6,13,16H,7-10H2,1-2H3. The lowest BCUT2D eigenvalue weighted by Crippen LogP contribution is -2.45. The Balaban J connectivity index is 2.06. The van der Waals surface area contributed by atoms with E-state index < -0.39 is 0 Å². The maximum absolute atomic E-state index is 12.0. The largest absolute Gasteiger partial charge is 0.318 e. The van der Waals surface area contributed by atoms with E-state index in [4.69, 9.17) is 0 Å². The molecule has 0 spiro atoms. The van der Waals surface area contributed by atoms with Crippen LogP contribution in [0.25, 0.3) is 0 Å². The summed E-state index contributed by atoms with van der Waals surface area (Å²) in [6.45, 7) is 3.14. The Labute approximate surface area is 113 Å². The second-order valence-corrected chi connectivity index (χ2v) is 5.06. The number of carbonyl (C=O) groups excluding carboxylic acids is 2. The van der Waals surface area contributed by atoms with E-state index >= 15 is 0 Å². The molecule has 1 aliphatic heterocycles. The Morgan fingerprint density at radius 3 is 2.26 bits per heavy atom. The van der Waals surface area contributed by atoms with E-state index in [1.54, 1.807) is 0 Å². The second-order valence-electron chi connectivity index (χ2n) is 5.06. The van der Waals surface area contributed by atoms with Gasteiger partial charge in [-0.2, -0.15) is 0 Å². The van der Waals surface area contributed by atoms with Gasteiger partial charge in [0.25, 0.3) is 0 Å². The van der Waals surface area contributed by atoms with Gasteiger partial charge in [0.2, 0.25) is 11.8 Å². The average molecular weight is 260 g/mol. The van der Waals surface area contributed by atoms with Crippen molar-refractivity contribution in [3.63, 3.8) is 0 Å². The molecule has 1 heterocycles. The summed E-state index contributed by atoms with van der Waals surface area (Å²) >= 11 is 0. The molecule has 0 atom stereocenters. The summed E-state index contributed by atoms with van der Waals surface area (Å²) in [6.07, 6.45) is 0.858. The Bertz CT molecular complexity index is 450. The van der Waals surface area contributed by atoms with E-state index in [0.29, 0.717) is 25.9 Å². The lowest BCUT2D eigenvalue weighted by molar-refractivity contribution is -0.148. The first-order chi connectivity index (χ1) is 9.11. The summed E-state index contributed by atoms with van der Waals surface area (Å²) in [7, 11) is 1.81.